The maximum absolute atomic E-state index is 10.1. The summed E-state index contributed by atoms with van der Waals surface area (Å²) in [7, 11) is 0. The Bertz CT molecular complexity index is 439. The molecule has 1 atom stereocenters. The van der Waals surface area contributed by atoms with E-state index in [1.165, 1.54) is 0 Å². The molecular weight excluding hydrogens is 252 g/mol. The average Bonchev–Trinajstić information content (AvgIpc) is 2.30. The molecule has 0 spiro atoms. The lowest BCUT2D eigenvalue weighted by molar-refractivity contribution is 0.219. The van der Waals surface area contributed by atoms with Crippen LogP contribution in [0.25, 0.3) is 0 Å². The lowest BCUT2D eigenvalue weighted by Gasteiger charge is -2.12. The Hall–Kier alpha value is -1.12. The number of aliphatic hydroxyl groups is 1. The first-order valence-electron chi connectivity index (χ1n) is 4.76. The second-order valence-electron chi connectivity index (χ2n) is 3.33. The van der Waals surface area contributed by atoms with Crippen LogP contribution < -0.4 is 0 Å². The van der Waals surface area contributed by atoms with Crippen LogP contribution in [0.5, 0.6) is 0 Å². The van der Waals surface area contributed by atoms with E-state index >= 15 is 0 Å². The topological polar surface area (TPSA) is 20.2 Å². The molecule has 0 bridgehead atoms. The molecule has 0 heterocycles. The fourth-order valence-electron chi connectivity index (χ4n) is 1.51. The fraction of sp³-hybridized carbons (Fsp3) is 0.0769. The minimum Gasteiger partial charge on any atom is -0.384 e. The molecule has 2 rings (SSSR count). The van der Waals surface area contributed by atoms with Crippen LogP contribution in [0.3, 0.4) is 0 Å². The number of rotatable bonds is 2. The molecule has 2 heteroatoms. The molecule has 0 aromatic heterocycles. The molecule has 1 N–H and O–H groups in total. The van der Waals surface area contributed by atoms with Gasteiger partial charge in [-0.25, -0.2) is 0 Å². The van der Waals surface area contributed by atoms with Crippen LogP contribution in [0.4, 0.5) is 0 Å². The van der Waals surface area contributed by atoms with Gasteiger partial charge in [0.25, 0.3) is 0 Å². The molecular formula is C13H11BrO. The normalized spacial score (nSPS) is 12.4. The highest BCUT2D eigenvalue weighted by Crippen LogP contribution is 2.27. The molecule has 0 radical (unpaired) electrons. The molecule has 76 valence electrons. The predicted molar refractivity (Wildman–Crippen MR) is 64.6 cm³/mol. The van der Waals surface area contributed by atoms with Crippen LogP contribution in [0.2, 0.25) is 0 Å². The van der Waals surface area contributed by atoms with E-state index in [2.05, 4.69) is 15.9 Å². The molecule has 1 nitrogen and oxygen atoms in total. The summed E-state index contributed by atoms with van der Waals surface area (Å²) >= 11 is 3.43. The van der Waals surface area contributed by atoms with Crippen LogP contribution in [0.1, 0.15) is 17.2 Å². The monoisotopic (exact) mass is 262 g/mol. The van der Waals surface area contributed by atoms with Gasteiger partial charge in [0.1, 0.15) is 6.10 Å². The zero-order chi connectivity index (χ0) is 10.7. The number of aliphatic hydroxyl groups excluding tert-OH is 1. The van der Waals surface area contributed by atoms with Crippen molar-refractivity contribution < 1.29 is 5.11 Å². The number of hydrogen-bond donors (Lipinski definition) is 1. The van der Waals surface area contributed by atoms with Gasteiger partial charge in [-0.1, -0.05) is 64.5 Å². The molecule has 0 aliphatic carbocycles. The van der Waals surface area contributed by atoms with Crippen LogP contribution in [-0.4, -0.2) is 5.11 Å². The first-order chi connectivity index (χ1) is 7.29. The Morgan fingerprint density at radius 2 is 1.47 bits per heavy atom. The van der Waals surface area contributed by atoms with Gasteiger partial charge >= 0.3 is 0 Å². The zero-order valence-corrected chi connectivity index (χ0v) is 9.68. The largest absolute Gasteiger partial charge is 0.384 e. The third-order valence-corrected chi connectivity index (χ3v) is 3.04. The predicted octanol–water partition coefficient (Wildman–Crippen LogP) is 3.53. The minimum atomic E-state index is -0.568. The zero-order valence-electron chi connectivity index (χ0n) is 8.10. The van der Waals surface area contributed by atoms with Gasteiger partial charge in [0.05, 0.1) is 0 Å². The third-order valence-electron chi connectivity index (χ3n) is 2.32. The van der Waals surface area contributed by atoms with Gasteiger partial charge in [-0.3, -0.25) is 0 Å². The Morgan fingerprint density at radius 3 is 2.13 bits per heavy atom. The van der Waals surface area contributed by atoms with Crippen molar-refractivity contribution in [2.24, 2.45) is 0 Å². The van der Waals surface area contributed by atoms with Gasteiger partial charge in [0.2, 0.25) is 0 Å². The molecule has 0 amide bonds. The lowest BCUT2D eigenvalue weighted by atomic mass is 10.0. The summed E-state index contributed by atoms with van der Waals surface area (Å²) in [6, 6.07) is 17.3. The average molecular weight is 263 g/mol. The van der Waals surface area contributed by atoms with Crippen molar-refractivity contribution in [3.8, 4) is 0 Å². The van der Waals surface area contributed by atoms with Crippen LogP contribution in [0, 0.1) is 0 Å². The Balaban J connectivity index is 2.37. The van der Waals surface area contributed by atoms with Gasteiger partial charge in [0.15, 0.2) is 0 Å². The molecule has 0 fully saturated rings. The SMILES string of the molecule is O[C@H](c1ccccc1)c1ccccc1Br. The quantitative estimate of drug-likeness (QED) is 0.878. The van der Waals surface area contributed by atoms with Gasteiger partial charge in [-0.05, 0) is 17.2 Å². The molecule has 0 saturated heterocycles. The summed E-state index contributed by atoms with van der Waals surface area (Å²) in [5.74, 6) is 0. The van der Waals surface area contributed by atoms with Crippen molar-refractivity contribution >= 4 is 15.9 Å². The minimum absolute atomic E-state index is 0.568. The van der Waals surface area contributed by atoms with Crippen molar-refractivity contribution in [1.82, 2.24) is 0 Å². The van der Waals surface area contributed by atoms with Crippen LogP contribution >= 0.6 is 15.9 Å². The second-order valence-corrected chi connectivity index (χ2v) is 4.19. The maximum atomic E-state index is 10.1. The Labute approximate surface area is 97.5 Å². The maximum Gasteiger partial charge on any atom is 0.105 e. The Kier molecular flexibility index (Phi) is 3.19. The Morgan fingerprint density at radius 1 is 0.867 bits per heavy atom. The van der Waals surface area contributed by atoms with Crippen LogP contribution in [0.15, 0.2) is 59.1 Å². The molecule has 2 aromatic carbocycles. The molecule has 0 unspecified atom stereocenters. The van der Waals surface area contributed by atoms with Crippen LogP contribution in [-0.2, 0) is 0 Å². The van der Waals surface area contributed by atoms with E-state index in [1.807, 2.05) is 54.6 Å². The van der Waals surface area contributed by atoms with Crippen molar-refractivity contribution in [1.29, 1.82) is 0 Å². The fourth-order valence-corrected chi connectivity index (χ4v) is 2.01. The van der Waals surface area contributed by atoms with Gasteiger partial charge in [-0.15, -0.1) is 0 Å². The van der Waals surface area contributed by atoms with E-state index in [0.717, 1.165) is 15.6 Å². The van der Waals surface area contributed by atoms with Gasteiger partial charge < -0.3 is 5.11 Å². The molecule has 0 aliphatic heterocycles. The molecule has 0 saturated carbocycles. The van der Waals surface area contributed by atoms with Crippen molar-refractivity contribution in [2.45, 2.75) is 6.10 Å². The lowest BCUT2D eigenvalue weighted by Crippen LogP contribution is -1.99. The van der Waals surface area contributed by atoms with Crippen molar-refractivity contribution in [3.63, 3.8) is 0 Å². The summed E-state index contributed by atoms with van der Waals surface area (Å²) in [5.41, 5.74) is 1.80. The van der Waals surface area contributed by atoms with E-state index in [4.69, 9.17) is 0 Å². The smallest absolute Gasteiger partial charge is 0.105 e. The van der Waals surface area contributed by atoms with Gasteiger partial charge in [-0.2, -0.15) is 0 Å². The van der Waals surface area contributed by atoms with Gasteiger partial charge in [0, 0.05) is 4.47 Å². The second kappa shape index (κ2) is 4.60. The summed E-state index contributed by atoms with van der Waals surface area (Å²) in [4.78, 5) is 0. The van der Waals surface area contributed by atoms with E-state index in [-0.39, 0.29) is 0 Å². The number of halogens is 1. The highest BCUT2D eigenvalue weighted by molar-refractivity contribution is 9.10. The highest BCUT2D eigenvalue weighted by Gasteiger charge is 2.11. The summed E-state index contributed by atoms with van der Waals surface area (Å²) in [6.07, 6.45) is -0.568. The van der Waals surface area contributed by atoms with E-state index in [0.29, 0.717) is 0 Å². The standard InChI is InChI=1S/C13H11BrO/c14-12-9-5-4-8-11(12)13(15)10-6-2-1-3-7-10/h1-9,13,15H/t13-/m1/s1. The summed E-state index contributed by atoms with van der Waals surface area (Å²) < 4.78 is 0.932. The first-order valence-corrected chi connectivity index (χ1v) is 5.56. The number of hydrogen-bond acceptors (Lipinski definition) is 1. The number of benzene rings is 2. The first kappa shape index (κ1) is 10.4. The van der Waals surface area contributed by atoms with Crippen molar-refractivity contribution in [2.75, 3.05) is 0 Å². The highest BCUT2D eigenvalue weighted by atomic mass is 79.9. The summed E-state index contributed by atoms with van der Waals surface area (Å²) in [5, 5.41) is 10.1. The van der Waals surface area contributed by atoms with E-state index in [1.54, 1.807) is 0 Å². The van der Waals surface area contributed by atoms with Crippen molar-refractivity contribution in [3.05, 3.63) is 70.2 Å². The third kappa shape index (κ3) is 2.28. The molecule has 15 heavy (non-hydrogen) atoms. The van der Waals surface area contributed by atoms with E-state index in [9.17, 15) is 5.11 Å². The molecule has 2 aromatic rings. The van der Waals surface area contributed by atoms with E-state index < -0.39 is 6.10 Å². The summed E-state index contributed by atoms with van der Waals surface area (Å²) in [6.45, 7) is 0. The molecule has 0 aliphatic rings.